The van der Waals surface area contributed by atoms with Crippen molar-refractivity contribution in [3.63, 3.8) is 0 Å². The number of allylic oxidation sites excluding steroid dienone is 3. The molecule has 0 bridgehead atoms. The molecule has 0 aromatic heterocycles. The molecule has 3 heteroatoms. The first-order valence-corrected chi connectivity index (χ1v) is 12.1. The number of nitrogens with zero attached hydrogens (tertiary/aromatic N) is 2. The molecule has 2 aliphatic heterocycles. The topological polar surface area (TPSA) is 27.4 Å². The van der Waals surface area contributed by atoms with Gasteiger partial charge in [-0.3, -0.25) is 0 Å². The van der Waals surface area contributed by atoms with Gasteiger partial charge in [-0.1, -0.05) is 84.9 Å². The number of hydrogen-bond donors (Lipinski definition) is 1. The highest BCUT2D eigenvalue weighted by atomic mass is 15.2. The van der Waals surface area contributed by atoms with Crippen molar-refractivity contribution in [2.75, 3.05) is 0 Å². The van der Waals surface area contributed by atoms with E-state index in [1.807, 2.05) is 6.07 Å². The van der Waals surface area contributed by atoms with Crippen LogP contribution < -0.4 is 5.32 Å². The highest BCUT2D eigenvalue weighted by Crippen LogP contribution is 2.40. The molecule has 0 radical (unpaired) electrons. The minimum absolute atomic E-state index is 0.783. The summed E-state index contributed by atoms with van der Waals surface area (Å²) >= 11 is 0. The summed E-state index contributed by atoms with van der Waals surface area (Å²) in [5, 5.41) is 3.65. The van der Waals surface area contributed by atoms with E-state index in [4.69, 9.17) is 4.99 Å². The van der Waals surface area contributed by atoms with Crippen molar-refractivity contribution in [1.82, 2.24) is 5.32 Å². The van der Waals surface area contributed by atoms with E-state index in [0.29, 0.717) is 0 Å². The zero-order chi connectivity index (χ0) is 22.9. The van der Waals surface area contributed by atoms with Crippen molar-refractivity contribution in [2.45, 2.75) is 38.5 Å². The Morgan fingerprint density at radius 2 is 1.56 bits per heavy atom. The fourth-order valence-corrected chi connectivity index (χ4v) is 4.75. The lowest BCUT2D eigenvalue weighted by atomic mass is 10.0. The molecular formula is C31H28N3+. The summed E-state index contributed by atoms with van der Waals surface area (Å²) in [6.07, 6.45) is 6.42. The Morgan fingerprint density at radius 3 is 2.24 bits per heavy atom. The zero-order valence-corrected chi connectivity index (χ0v) is 19.5. The molecule has 1 fully saturated rings. The van der Waals surface area contributed by atoms with Gasteiger partial charge < -0.3 is 5.32 Å². The Balaban J connectivity index is 1.40. The van der Waals surface area contributed by atoms with Gasteiger partial charge in [-0.2, -0.15) is 0 Å². The van der Waals surface area contributed by atoms with Crippen LogP contribution in [0.25, 0.3) is 5.70 Å². The molecule has 3 aromatic rings. The summed E-state index contributed by atoms with van der Waals surface area (Å²) in [7, 11) is 0. The standard InChI is InChI=1S/C31H28N3/c1-2-30-27(19-23-13-15-24(16-14-23)25-17-18-25)33-31-28(20-22-9-5-3-6-10-22)32-29(21-34(30)31)26-11-7-4-8-12-26/h2-16,25,32H,17-20H2,1H3/q+1. The summed E-state index contributed by atoms with van der Waals surface area (Å²) in [5.74, 6) is 5.32. The molecule has 34 heavy (non-hydrogen) atoms. The fraction of sp³-hybridized carbons (Fsp3) is 0.194. The molecule has 6 rings (SSSR count). The van der Waals surface area contributed by atoms with Crippen LogP contribution in [-0.2, 0) is 12.8 Å². The van der Waals surface area contributed by atoms with Gasteiger partial charge in [-0.05, 0) is 53.4 Å². The molecule has 0 amide bonds. The number of aliphatic imine (C=N–C) groups is 1. The van der Waals surface area contributed by atoms with E-state index < -0.39 is 0 Å². The van der Waals surface area contributed by atoms with Crippen molar-refractivity contribution < 1.29 is 4.58 Å². The van der Waals surface area contributed by atoms with Crippen LogP contribution in [0.5, 0.6) is 0 Å². The van der Waals surface area contributed by atoms with Gasteiger partial charge in [-0.25, -0.2) is 0 Å². The largest absolute Gasteiger partial charge is 0.356 e. The normalized spacial score (nSPS) is 18.3. The third-order valence-electron chi connectivity index (χ3n) is 6.72. The number of hydrogen-bond acceptors (Lipinski definition) is 2. The Labute approximate surface area is 201 Å². The van der Waals surface area contributed by atoms with Crippen LogP contribution in [0.4, 0.5) is 0 Å². The highest BCUT2D eigenvalue weighted by molar-refractivity contribution is 6.03. The van der Waals surface area contributed by atoms with Gasteiger partial charge in [0.15, 0.2) is 5.70 Å². The van der Waals surface area contributed by atoms with Gasteiger partial charge in [0.2, 0.25) is 5.71 Å². The van der Waals surface area contributed by atoms with Crippen molar-refractivity contribution in [1.29, 1.82) is 0 Å². The minimum atomic E-state index is 0.783. The molecule has 3 aliphatic rings. The zero-order valence-electron chi connectivity index (χ0n) is 19.5. The SMILES string of the molecule is CC=C1C(Cc2ccc(C3CC3)cc2)=NC2=C(Cc3ccccc3)NC(c3ccccc3)=C=[N+]12. The third-order valence-corrected chi connectivity index (χ3v) is 6.72. The molecule has 166 valence electrons. The second-order valence-electron chi connectivity index (χ2n) is 9.20. The quantitative estimate of drug-likeness (QED) is 0.452. The molecule has 0 atom stereocenters. The van der Waals surface area contributed by atoms with Crippen LogP contribution in [-0.4, -0.2) is 16.2 Å². The van der Waals surface area contributed by atoms with Crippen molar-refractivity contribution in [3.8, 4) is 0 Å². The molecule has 1 saturated carbocycles. The van der Waals surface area contributed by atoms with Gasteiger partial charge >= 0.3 is 5.82 Å². The molecule has 2 heterocycles. The maximum atomic E-state index is 5.15. The van der Waals surface area contributed by atoms with Gasteiger partial charge in [0.05, 0.1) is 0 Å². The monoisotopic (exact) mass is 442 g/mol. The number of fused-ring (bicyclic) bond motifs is 1. The molecule has 3 aromatic carbocycles. The average Bonchev–Trinajstić information content (AvgIpc) is 3.67. The summed E-state index contributed by atoms with van der Waals surface area (Å²) in [5.41, 5.74) is 9.42. The molecule has 0 unspecified atom stereocenters. The molecular weight excluding hydrogens is 414 g/mol. The lowest BCUT2D eigenvalue weighted by Gasteiger charge is -2.15. The predicted octanol–water partition coefficient (Wildman–Crippen LogP) is 6.20. The first kappa shape index (κ1) is 20.7. The average molecular weight is 443 g/mol. The minimum Gasteiger partial charge on any atom is -0.342 e. The summed E-state index contributed by atoms with van der Waals surface area (Å²) in [4.78, 5) is 5.15. The first-order chi connectivity index (χ1) is 16.8. The summed E-state index contributed by atoms with van der Waals surface area (Å²) in [6.45, 7) is 2.09. The maximum Gasteiger partial charge on any atom is 0.356 e. The fourth-order valence-electron chi connectivity index (χ4n) is 4.75. The summed E-state index contributed by atoms with van der Waals surface area (Å²) < 4.78 is 2.14. The van der Waals surface area contributed by atoms with Gasteiger partial charge in [0.1, 0.15) is 17.3 Å². The number of rotatable bonds is 6. The van der Waals surface area contributed by atoms with E-state index in [9.17, 15) is 0 Å². The second kappa shape index (κ2) is 8.78. The van der Waals surface area contributed by atoms with E-state index in [2.05, 4.69) is 108 Å². The van der Waals surface area contributed by atoms with Crippen molar-refractivity contribution in [2.24, 2.45) is 4.99 Å². The highest BCUT2D eigenvalue weighted by Gasteiger charge is 2.38. The van der Waals surface area contributed by atoms with E-state index >= 15 is 0 Å². The Bertz CT molecular complexity index is 1380. The lowest BCUT2D eigenvalue weighted by Crippen LogP contribution is -2.25. The Kier molecular flexibility index (Phi) is 5.33. The van der Waals surface area contributed by atoms with Crippen molar-refractivity contribution in [3.05, 3.63) is 130 Å². The van der Waals surface area contributed by atoms with Gasteiger partial charge in [-0.15, -0.1) is 4.58 Å². The van der Waals surface area contributed by atoms with Crippen LogP contribution in [0.1, 0.15) is 47.9 Å². The summed E-state index contributed by atoms with van der Waals surface area (Å²) in [6, 6.07) is 30.1. The van der Waals surface area contributed by atoms with Crippen LogP contribution in [0, 0.1) is 0 Å². The number of nitrogens with one attached hydrogen (secondary N) is 1. The van der Waals surface area contributed by atoms with Crippen LogP contribution in [0.3, 0.4) is 0 Å². The third kappa shape index (κ3) is 4.07. The Morgan fingerprint density at radius 1 is 0.882 bits per heavy atom. The molecule has 0 saturated heterocycles. The first-order valence-electron chi connectivity index (χ1n) is 12.1. The molecule has 3 nitrogen and oxygen atoms in total. The van der Waals surface area contributed by atoms with E-state index in [0.717, 1.165) is 52.9 Å². The van der Waals surface area contributed by atoms with Crippen molar-refractivity contribution >= 4 is 17.3 Å². The van der Waals surface area contributed by atoms with Crippen LogP contribution in [0.15, 0.2) is 113 Å². The lowest BCUT2D eigenvalue weighted by molar-refractivity contribution is -0.402. The predicted molar refractivity (Wildman–Crippen MR) is 139 cm³/mol. The van der Waals surface area contributed by atoms with Gasteiger partial charge in [0, 0.05) is 18.4 Å². The molecule has 1 N–H and O–H groups in total. The van der Waals surface area contributed by atoms with Crippen LogP contribution in [0.2, 0.25) is 0 Å². The maximum absolute atomic E-state index is 5.15. The molecule has 0 spiro atoms. The van der Waals surface area contributed by atoms with Gasteiger partial charge in [0.25, 0.3) is 0 Å². The van der Waals surface area contributed by atoms with E-state index in [-0.39, 0.29) is 0 Å². The Hall–Kier alpha value is -3.94. The van der Waals surface area contributed by atoms with E-state index in [1.54, 1.807) is 0 Å². The second-order valence-corrected chi connectivity index (χ2v) is 9.20. The smallest absolute Gasteiger partial charge is 0.342 e. The van der Waals surface area contributed by atoms with E-state index in [1.165, 1.54) is 29.5 Å². The van der Waals surface area contributed by atoms with Crippen LogP contribution >= 0.6 is 0 Å². The molecule has 1 aliphatic carbocycles. The number of benzene rings is 3.